The molecule has 0 aliphatic heterocycles. The predicted molar refractivity (Wildman–Crippen MR) is 127 cm³/mol. The molecule has 2 aromatic carbocycles. The third-order valence-electron chi connectivity index (χ3n) is 5.46. The van der Waals surface area contributed by atoms with Crippen molar-refractivity contribution in [3.8, 4) is 11.4 Å². The molecule has 0 aliphatic carbocycles. The summed E-state index contributed by atoms with van der Waals surface area (Å²) < 4.78 is 8.88. The van der Waals surface area contributed by atoms with E-state index in [1.807, 2.05) is 68.4 Å². The second-order valence-electron chi connectivity index (χ2n) is 7.75. The zero-order valence-corrected chi connectivity index (χ0v) is 19.0. The molecule has 0 atom stereocenters. The van der Waals surface area contributed by atoms with Crippen LogP contribution >= 0.6 is 0 Å². The van der Waals surface area contributed by atoms with E-state index in [-0.39, 0.29) is 24.3 Å². The Morgan fingerprint density at radius 2 is 1.82 bits per heavy atom. The highest BCUT2D eigenvalue weighted by Crippen LogP contribution is 2.20. The van der Waals surface area contributed by atoms with Gasteiger partial charge in [-0.3, -0.25) is 14.2 Å². The number of aromatic nitrogens is 4. The fraction of sp³-hybridized carbons (Fsp3) is 0.280. The fourth-order valence-corrected chi connectivity index (χ4v) is 3.78. The average molecular weight is 446 g/mol. The van der Waals surface area contributed by atoms with Gasteiger partial charge in [-0.2, -0.15) is 5.10 Å². The molecule has 1 amide bonds. The SMILES string of the molecule is CCOc1ccccc1CNC(=O)CCc1nc2c(C)nn(-c3ccccc3)c2n(C)c1=O. The smallest absolute Gasteiger partial charge is 0.273 e. The molecular weight excluding hydrogens is 418 g/mol. The van der Waals surface area contributed by atoms with Gasteiger partial charge < -0.3 is 10.1 Å². The van der Waals surface area contributed by atoms with Gasteiger partial charge >= 0.3 is 0 Å². The minimum Gasteiger partial charge on any atom is -0.494 e. The van der Waals surface area contributed by atoms with Crippen LogP contribution < -0.4 is 15.6 Å². The average Bonchev–Trinajstić information content (AvgIpc) is 3.17. The first-order chi connectivity index (χ1) is 16.0. The quantitative estimate of drug-likeness (QED) is 0.450. The predicted octanol–water partition coefficient (Wildman–Crippen LogP) is 3.08. The van der Waals surface area contributed by atoms with E-state index in [4.69, 9.17) is 4.74 Å². The van der Waals surface area contributed by atoms with E-state index in [0.717, 1.165) is 22.7 Å². The van der Waals surface area contributed by atoms with Crippen molar-refractivity contribution in [2.75, 3.05) is 6.61 Å². The van der Waals surface area contributed by atoms with Gasteiger partial charge in [0.15, 0.2) is 5.65 Å². The molecule has 0 unspecified atom stereocenters. The molecular formula is C25H27N5O3. The molecule has 0 bridgehead atoms. The Kier molecular flexibility index (Phi) is 6.53. The van der Waals surface area contributed by atoms with Gasteiger partial charge in [-0.15, -0.1) is 0 Å². The number of nitrogens with one attached hydrogen (secondary N) is 1. The molecule has 2 heterocycles. The first kappa shape index (κ1) is 22.3. The lowest BCUT2D eigenvalue weighted by Crippen LogP contribution is -2.27. The molecule has 1 N–H and O–H groups in total. The highest BCUT2D eigenvalue weighted by atomic mass is 16.5. The standard InChI is InChI=1S/C25H27N5O3/c1-4-33-21-13-9-8-10-18(21)16-26-22(31)15-14-20-25(32)29(3)24-23(27-20)17(2)28-30(24)19-11-6-5-7-12-19/h5-13H,4,14-16H2,1-3H3,(H,26,31). The molecule has 0 saturated carbocycles. The van der Waals surface area contributed by atoms with E-state index in [9.17, 15) is 9.59 Å². The van der Waals surface area contributed by atoms with E-state index in [1.54, 1.807) is 16.3 Å². The van der Waals surface area contributed by atoms with Crippen LogP contribution in [0.1, 0.15) is 30.3 Å². The number of amides is 1. The summed E-state index contributed by atoms with van der Waals surface area (Å²) in [6.07, 6.45) is 0.411. The van der Waals surface area contributed by atoms with Crippen LogP contribution in [0.3, 0.4) is 0 Å². The van der Waals surface area contributed by atoms with Crippen molar-refractivity contribution in [3.05, 3.63) is 81.9 Å². The molecule has 4 rings (SSSR count). The monoisotopic (exact) mass is 445 g/mol. The van der Waals surface area contributed by atoms with Crippen LogP contribution in [-0.4, -0.2) is 31.8 Å². The zero-order valence-electron chi connectivity index (χ0n) is 19.0. The number of hydrogen-bond donors (Lipinski definition) is 1. The first-order valence-electron chi connectivity index (χ1n) is 11.0. The Morgan fingerprint density at radius 1 is 1.09 bits per heavy atom. The van der Waals surface area contributed by atoms with Crippen molar-refractivity contribution >= 4 is 17.1 Å². The normalized spacial score (nSPS) is 11.0. The second-order valence-corrected chi connectivity index (χ2v) is 7.75. The van der Waals surface area contributed by atoms with Crippen LogP contribution in [0.5, 0.6) is 5.75 Å². The molecule has 0 fully saturated rings. The van der Waals surface area contributed by atoms with Crippen LogP contribution in [0.25, 0.3) is 16.9 Å². The number of fused-ring (bicyclic) bond motifs is 1. The zero-order chi connectivity index (χ0) is 23.4. The van der Waals surface area contributed by atoms with Crippen LogP contribution in [0, 0.1) is 6.92 Å². The largest absolute Gasteiger partial charge is 0.494 e. The molecule has 2 aromatic heterocycles. The van der Waals surface area contributed by atoms with Gasteiger partial charge in [-0.1, -0.05) is 36.4 Å². The highest BCUT2D eigenvalue weighted by molar-refractivity contribution is 5.77. The minimum atomic E-state index is -0.228. The minimum absolute atomic E-state index is 0.151. The number of ether oxygens (including phenoxy) is 1. The van der Waals surface area contributed by atoms with Crippen LogP contribution in [0.2, 0.25) is 0 Å². The molecule has 0 radical (unpaired) electrons. The Hall–Kier alpha value is -3.94. The number of nitrogens with zero attached hydrogens (tertiary/aromatic N) is 4. The summed E-state index contributed by atoms with van der Waals surface area (Å²) in [6, 6.07) is 17.2. The fourth-order valence-electron chi connectivity index (χ4n) is 3.78. The summed E-state index contributed by atoms with van der Waals surface area (Å²) >= 11 is 0. The highest BCUT2D eigenvalue weighted by Gasteiger charge is 2.18. The summed E-state index contributed by atoms with van der Waals surface area (Å²) in [6.45, 7) is 4.71. The molecule has 4 aromatic rings. The van der Waals surface area contributed by atoms with Gasteiger partial charge in [0.05, 0.1) is 18.0 Å². The van der Waals surface area contributed by atoms with Crippen LogP contribution in [-0.2, 0) is 24.8 Å². The molecule has 8 nitrogen and oxygen atoms in total. The second kappa shape index (κ2) is 9.68. The summed E-state index contributed by atoms with van der Waals surface area (Å²) in [7, 11) is 1.71. The van der Waals surface area contributed by atoms with Crippen molar-refractivity contribution < 1.29 is 9.53 Å². The van der Waals surface area contributed by atoms with Gasteiger partial charge in [0.1, 0.15) is 17.0 Å². The van der Waals surface area contributed by atoms with Crippen LogP contribution in [0.4, 0.5) is 0 Å². The maximum Gasteiger partial charge on any atom is 0.273 e. The van der Waals surface area contributed by atoms with Crippen molar-refractivity contribution in [2.24, 2.45) is 7.05 Å². The van der Waals surface area contributed by atoms with E-state index < -0.39 is 0 Å². The lowest BCUT2D eigenvalue weighted by Gasteiger charge is -2.11. The van der Waals surface area contributed by atoms with E-state index in [0.29, 0.717) is 30.0 Å². The Labute approximate surface area is 191 Å². The summed E-state index contributed by atoms with van der Waals surface area (Å²) in [4.78, 5) is 30.1. The summed E-state index contributed by atoms with van der Waals surface area (Å²) in [5, 5.41) is 7.49. The van der Waals surface area contributed by atoms with Gasteiger partial charge in [0.2, 0.25) is 5.91 Å². The third kappa shape index (κ3) is 4.64. The first-order valence-corrected chi connectivity index (χ1v) is 11.0. The van der Waals surface area contributed by atoms with Crippen molar-refractivity contribution in [2.45, 2.75) is 33.2 Å². The Balaban J connectivity index is 1.51. The van der Waals surface area contributed by atoms with Crippen molar-refractivity contribution in [1.29, 1.82) is 0 Å². The lowest BCUT2D eigenvalue weighted by molar-refractivity contribution is -0.121. The Morgan fingerprint density at radius 3 is 2.58 bits per heavy atom. The topological polar surface area (TPSA) is 91.0 Å². The third-order valence-corrected chi connectivity index (χ3v) is 5.46. The molecule has 0 aliphatic rings. The molecule has 0 saturated heterocycles. The molecule has 0 spiro atoms. The number of carbonyl (C=O) groups excluding carboxylic acids is 1. The number of para-hydroxylation sites is 2. The van der Waals surface area contributed by atoms with Gasteiger partial charge in [0.25, 0.3) is 5.56 Å². The van der Waals surface area contributed by atoms with E-state index in [1.165, 1.54) is 0 Å². The number of hydrogen-bond acceptors (Lipinski definition) is 5. The van der Waals surface area contributed by atoms with E-state index in [2.05, 4.69) is 15.4 Å². The Bertz CT molecular complexity index is 1340. The van der Waals surface area contributed by atoms with Gasteiger partial charge in [0, 0.05) is 32.0 Å². The van der Waals surface area contributed by atoms with Gasteiger partial charge in [-0.05, 0) is 32.0 Å². The van der Waals surface area contributed by atoms with Crippen molar-refractivity contribution in [1.82, 2.24) is 24.6 Å². The van der Waals surface area contributed by atoms with E-state index >= 15 is 0 Å². The number of aryl methyl sites for hydroxylation is 3. The maximum absolute atomic E-state index is 13.0. The van der Waals surface area contributed by atoms with Crippen LogP contribution in [0.15, 0.2) is 59.4 Å². The lowest BCUT2D eigenvalue weighted by atomic mass is 10.2. The molecule has 33 heavy (non-hydrogen) atoms. The maximum atomic E-state index is 13.0. The molecule has 170 valence electrons. The molecule has 8 heteroatoms. The number of carbonyl (C=O) groups is 1. The summed E-state index contributed by atoms with van der Waals surface area (Å²) in [5.74, 6) is 0.606. The number of rotatable bonds is 8. The number of benzene rings is 2. The van der Waals surface area contributed by atoms with Crippen molar-refractivity contribution in [3.63, 3.8) is 0 Å². The summed E-state index contributed by atoms with van der Waals surface area (Å²) in [5.41, 5.74) is 3.90. The van der Waals surface area contributed by atoms with Gasteiger partial charge in [-0.25, -0.2) is 9.67 Å².